The minimum Gasteiger partial charge on any atom is -0.465 e. The predicted molar refractivity (Wildman–Crippen MR) is 173 cm³/mol. The summed E-state index contributed by atoms with van der Waals surface area (Å²) in [6.07, 6.45) is -0.565. The summed E-state index contributed by atoms with van der Waals surface area (Å²) in [6, 6.07) is 20.3. The van der Waals surface area contributed by atoms with Crippen molar-refractivity contribution in [1.29, 1.82) is 0 Å². The summed E-state index contributed by atoms with van der Waals surface area (Å²) in [5.41, 5.74) is 5.60. The Hall–Kier alpha value is -5.38. The molecule has 3 aromatic carbocycles. The summed E-state index contributed by atoms with van der Waals surface area (Å²) in [5, 5.41) is 9.67. The SMILES string of the molecule is CO[C@@H]1C[C@@H](c2nc3cc(C#Cc4ccc5nc([C@@H]6C[C@@H](OC)CN6C(=O)OCc6ccccc6)[nH]c5c4)ccc3[nH]2)N(C(=O)O)C1. The maximum absolute atomic E-state index is 13.1. The van der Waals surface area contributed by atoms with E-state index in [1.165, 1.54) is 4.90 Å². The molecule has 0 radical (unpaired) electrons. The van der Waals surface area contributed by atoms with Gasteiger partial charge in [0.2, 0.25) is 0 Å². The fourth-order valence-electron chi connectivity index (χ4n) is 6.34. The monoisotopic (exact) mass is 634 g/mol. The smallest absolute Gasteiger partial charge is 0.410 e. The summed E-state index contributed by atoms with van der Waals surface area (Å²) in [6.45, 7) is 0.909. The average Bonchev–Trinajstić information content (AvgIpc) is 3.89. The van der Waals surface area contributed by atoms with Gasteiger partial charge in [-0.3, -0.25) is 9.80 Å². The Morgan fingerprint density at radius 2 is 1.43 bits per heavy atom. The van der Waals surface area contributed by atoms with E-state index < -0.39 is 18.2 Å². The number of hydrogen-bond acceptors (Lipinski definition) is 7. The van der Waals surface area contributed by atoms with Gasteiger partial charge in [-0.15, -0.1) is 0 Å². The molecule has 2 aromatic heterocycles. The van der Waals surface area contributed by atoms with Crippen LogP contribution in [0.2, 0.25) is 0 Å². The molecule has 2 aliphatic heterocycles. The van der Waals surface area contributed by atoms with Gasteiger partial charge in [0.15, 0.2) is 0 Å². The van der Waals surface area contributed by atoms with E-state index in [0.29, 0.717) is 43.1 Å². The Balaban J connectivity index is 1.08. The Morgan fingerprint density at radius 3 is 2.13 bits per heavy atom. The standard InChI is InChI=1S/C35H34N6O6/c1-45-24-16-30(40(18-24)34(42)43)32-36-26-12-10-21(14-28(26)38-32)8-9-22-11-13-27-29(15-22)39-33(37-27)31-17-25(46-2)19-41(31)35(44)47-20-23-6-4-3-5-7-23/h3-7,10-15,24-25,30-31H,16-20H2,1-2H3,(H,36,38)(H,37,39)(H,42,43)/t24-,25-,30+,31+/m1/s1. The lowest BCUT2D eigenvalue weighted by atomic mass is 10.1. The molecule has 4 heterocycles. The van der Waals surface area contributed by atoms with E-state index in [2.05, 4.69) is 21.8 Å². The number of H-pyrrole nitrogens is 2. The van der Waals surface area contributed by atoms with Crippen molar-refractivity contribution in [3.05, 3.63) is 95.1 Å². The molecule has 12 nitrogen and oxygen atoms in total. The molecule has 3 N–H and O–H groups in total. The number of benzene rings is 3. The second kappa shape index (κ2) is 12.8. The lowest BCUT2D eigenvalue weighted by molar-refractivity contribution is 0.0795. The molecule has 0 unspecified atom stereocenters. The molecule has 12 heteroatoms. The first-order chi connectivity index (χ1) is 22.9. The minimum absolute atomic E-state index is 0.126. The Bertz CT molecular complexity index is 2000. The first-order valence-electron chi connectivity index (χ1n) is 15.4. The molecule has 2 aliphatic rings. The number of carbonyl (C=O) groups is 2. The van der Waals surface area contributed by atoms with Gasteiger partial charge in [-0.05, 0) is 42.0 Å². The van der Waals surface area contributed by atoms with Crippen LogP contribution < -0.4 is 0 Å². The molecular formula is C35H34N6O6. The van der Waals surface area contributed by atoms with Crippen LogP contribution in [0.5, 0.6) is 0 Å². The highest BCUT2D eigenvalue weighted by atomic mass is 16.6. The largest absolute Gasteiger partial charge is 0.465 e. The van der Waals surface area contributed by atoms with Crippen molar-refractivity contribution in [2.24, 2.45) is 0 Å². The zero-order valence-electron chi connectivity index (χ0n) is 26.0. The van der Waals surface area contributed by atoms with E-state index in [9.17, 15) is 14.7 Å². The summed E-state index contributed by atoms with van der Waals surface area (Å²) >= 11 is 0. The quantitative estimate of drug-likeness (QED) is 0.211. The Kier molecular flexibility index (Phi) is 8.24. The third kappa shape index (κ3) is 6.23. The third-order valence-corrected chi connectivity index (χ3v) is 8.86. The molecule has 47 heavy (non-hydrogen) atoms. The number of imidazole rings is 2. The number of hydrogen-bond donors (Lipinski definition) is 3. The highest BCUT2D eigenvalue weighted by Crippen LogP contribution is 2.35. The van der Waals surface area contributed by atoms with Crippen LogP contribution in [0.15, 0.2) is 66.7 Å². The van der Waals surface area contributed by atoms with Gasteiger partial charge in [-0.25, -0.2) is 19.6 Å². The molecule has 2 amide bonds. The lowest BCUT2D eigenvalue weighted by Crippen LogP contribution is -2.32. The lowest BCUT2D eigenvalue weighted by Gasteiger charge is -2.22. The number of rotatable bonds is 6. The van der Waals surface area contributed by atoms with Crippen molar-refractivity contribution < 1.29 is 28.9 Å². The number of fused-ring (bicyclic) bond motifs is 2. The van der Waals surface area contributed by atoms with Crippen molar-refractivity contribution in [2.45, 2.75) is 43.7 Å². The maximum Gasteiger partial charge on any atom is 0.410 e. The van der Waals surface area contributed by atoms with Crippen molar-refractivity contribution in [3.63, 3.8) is 0 Å². The van der Waals surface area contributed by atoms with Gasteiger partial charge in [-0.1, -0.05) is 42.2 Å². The minimum atomic E-state index is -0.996. The van der Waals surface area contributed by atoms with Crippen LogP contribution in [0.3, 0.4) is 0 Å². The molecule has 4 atom stereocenters. The molecule has 0 spiro atoms. The summed E-state index contributed by atoms with van der Waals surface area (Å²) in [5.74, 6) is 7.70. The third-order valence-electron chi connectivity index (χ3n) is 8.86. The molecule has 0 saturated carbocycles. The zero-order chi connectivity index (χ0) is 32.5. The van der Waals surface area contributed by atoms with Gasteiger partial charge < -0.3 is 29.3 Å². The average molecular weight is 635 g/mol. The number of carbonyl (C=O) groups excluding carboxylic acids is 1. The number of aromatic amines is 2. The van der Waals surface area contributed by atoms with E-state index in [4.69, 9.17) is 24.2 Å². The van der Waals surface area contributed by atoms with Crippen LogP contribution in [0.25, 0.3) is 22.1 Å². The molecular weight excluding hydrogens is 600 g/mol. The first-order valence-corrected chi connectivity index (χ1v) is 15.4. The highest BCUT2D eigenvalue weighted by Gasteiger charge is 2.40. The predicted octanol–water partition coefficient (Wildman–Crippen LogP) is 5.38. The molecule has 2 saturated heterocycles. The summed E-state index contributed by atoms with van der Waals surface area (Å²) < 4.78 is 16.7. The number of ether oxygens (including phenoxy) is 3. The molecule has 5 aromatic rings. The van der Waals surface area contributed by atoms with E-state index in [1.807, 2.05) is 66.7 Å². The highest BCUT2D eigenvalue weighted by molar-refractivity contribution is 5.79. The van der Waals surface area contributed by atoms with Gasteiger partial charge in [-0.2, -0.15) is 0 Å². The topological polar surface area (TPSA) is 146 Å². The fourth-order valence-corrected chi connectivity index (χ4v) is 6.34. The number of likely N-dealkylation sites (tertiary alicyclic amines) is 2. The van der Waals surface area contributed by atoms with Crippen LogP contribution in [0, 0.1) is 11.8 Å². The number of amides is 2. The number of nitrogens with one attached hydrogen (secondary N) is 2. The fraction of sp³-hybridized carbons (Fsp3) is 0.314. The summed E-state index contributed by atoms with van der Waals surface area (Å²) in [7, 11) is 3.24. The van der Waals surface area contributed by atoms with Crippen LogP contribution in [-0.4, -0.2) is 86.5 Å². The van der Waals surface area contributed by atoms with Gasteiger partial charge in [0.25, 0.3) is 0 Å². The van der Waals surface area contributed by atoms with Gasteiger partial charge >= 0.3 is 12.2 Å². The molecule has 0 bridgehead atoms. The van der Waals surface area contributed by atoms with E-state index in [1.54, 1.807) is 19.1 Å². The Labute approximate surface area is 270 Å². The molecule has 2 fully saturated rings. The van der Waals surface area contributed by atoms with Crippen LogP contribution >= 0.6 is 0 Å². The maximum atomic E-state index is 13.1. The van der Waals surface area contributed by atoms with E-state index >= 15 is 0 Å². The number of nitrogens with zero attached hydrogens (tertiary/aromatic N) is 4. The molecule has 240 valence electrons. The normalized spacial score (nSPS) is 20.9. The molecule has 0 aliphatic carbocycles. The van der Waals surface area contributed by atoms with Crippen molar-refractivity contribution in [3.8, 4) is 11.8 Å². The summed E-state index contributed by atoms with van der Waals surface area (Å²) in [4.78, 5) is 44.1. The second-order valence-electron chi connectivity index (χ2n) is 11.8. The second-order valence-corrected chi connectivity index (χ2v) is 11.8. The molecule has 7 rings (SSSR count). The van der Waals surface area contributed by atoms with Crippen molar-refractivity contribution >= 4 is 34.3 Å². The number of methoxy groups -OCH3 is 2. The van der Waals surface area contributed by atoms with Gasteiger partial charge in [0.05, 0.1) is 59.4 Å². The van der Waals surface area contributed by atoms with Crippen molar-refractivity contribution in [2.75, 3.05) is 27.3 Å². The Morgan fingerprint density at radius 1 is 0.809 bits per heavy atom. The van der Waals surface area contributed by atoms with Crippen LogP contribution in [-0.2, 0) is 20.8 Å². The number of aromatic nitrogens is 4. The number of carboxylic acid groups (broad SMARTS) is 1. The van der Waals surface area contributed by atoms with Gasteiger partial charge in [0.1, 0.15) is 18.3 Å². The zero-order valence-corrected chi connectivity index (χ0v) is 26.0. The van der Waals surface area contributed by atoms with E-state index in [0.717, 1.165) is 33.2 Å². The van der Waals surface area contributed by atoms with Crippen LogP contribution in [0.4, 0.5) is 9.59 Å². The van der Waals surface area contributed by atoms with Crippen LogP contribution in [0.1, 0.15) is 53.3 Å². The first kappa shape index (κ1) is 30.3. The van der Waals surface area contributed by atoms with Crippen molar-refractivity contribution in [1.82, 2.24) is 29.7 Å². The van der Waals surface area contributed by atoms with E-state index in [-0.39, 0.29) is 24.9 Å². The van der Waals surface area contributed by atoms with Gasteiger partial charge in [0, 0.05) is 38.2 Å².